The number of nitrogens with two attached hydrogens (primary N) is 1. The molecule has 13 nitrogen and oxygen atoms in total. The standard InChI is InChI=1S/C14H21N6O7P/c1-14(22)9(21)7(4-26-28(23,24)25)27-12(14)20-5-16-8-10(17-6-2-3-6)18-13(15)19-11(8)20/h5-7,9,12,21-22H,2-4H2,1H3,(H2,23,24,25)(H3,15,17,18,19)/p-1/t7-,9?,12-,14+/m1/s1. The third kappa shape index (κ3) is 3.57. The minimum atomic E-state index is -5.01. The van der Waals surface area contributed by atoms with Crippen molar-refractivity contribution in [2.45, 2.75) is 49.8 Å². The van der Waals surface area contributed by atoms with Gasteiger partial charge >= 0.3 is 0 Å². The van der Waals surface area contributed by atoms with Gasteiger partial charge in [-0.25, -0.2) is 4.98 Å². The van der Waals surface area contributed by atoms with Crippen molar-refractivity contribution in [1.29, 1.82) is 0 Å². The zero-order chi connectivity index (χ0) is 20.3. The number of hydrogen-bond donors (Lipinski definition) is 5. The number of hydrogen-bond acceptors (Lipinski definition) is 11. The number of aromatic nitrogens is 4. The van der Waals surface area contributed by atoms with Gasteiger partial charge < -0.3 is 40.3 Å². The number of nitrogens with zero attached hydrogens (tertiary/aromatic N) is 4. The van der Waals surface area contributed by atoms with Crippen molar-refractivity contribution in [1.82, 2.24) is 19.5 Å². The number of imidazole rings is 1. The average molecular weight is 415 g/mol. The SMILES string of the molecule is C[C@]1(O)C(O)[C@@H](COP(=O)([O-])O)O[C@H]1n1cnc2c(NC3CC3)nc(N)nc21. The zero-order valence-electron chi connectivity index (χ0n) is 14.8. The molecular weight excluding hydrogens is 395 g/mol. The molecule has 0 aromatic carbocycles. The van der Waals surface area contributed by atoms with Crippen LogP contribution in [0, 0.1) is 0 Å². The van der Waals surface area contributed by atoms with Gasteiger partial charge in [0, 0.05) is 6.04 Å². The maximum Gasteiger partial charge on any atom is 0.265 e. The summed E-state index contributed by atoms with van der Waals surface area (Å²) in [6, 6.07) is 0.290. The van der Waals surface area contributed by atoms with Gasteiger partial charge in [-0.05, 0) is 19.8 Å². The van der Waals surface area contributed by atoms with E-state index in [1.165, 1.54) is 17.8 Å². The summed E-state index contributed by atoms with van der Waals surface area (Å²) in [5, 5.41) is 24.3. The Morgan fingerprint density at radius 1 is 1.54 bits per heavy atom. The lowest BCUT2D eigenvalue weighted by Crippen LogP contribution is -2.44. The highest BCUT2D eigenvalue weighted by Gasteiger charge is 2.53. The predicted octanol–water partition coefficient (Wildman–Crippen LogP) is -1.53. The number of anilines is 2. The lowest BCUT2D eigenvalue weighted by molar-refractivity contribution is -0.222. The third-order valence-corrected chi connectivity index (χ3v) is 5.24. The van der Waals surface area contributed by atoms with Gasteiger partial charge in [0.2, 0.25) is 5.95 Å². The molecule has 2 aromatic heterocycles. The summed E-state index contributed by atoms with van der Waals surface area (Å²) in [6.45, 7) is 0.640. The number of nitrogen functional groups attached to an aromatic ring is 1. The van der Waals surface area contributed by atoms with Crippen molar-refractivity contribution in [3.63, 3.8) is 0 Å². The maximum atomic E-state index is 10.8. The second-order valence-corrected chi connectivity index (χ2v) is 8.33. The third-order valence-electron chi connectivity index (χ3n) is 4.77. The van der Waals surface area contributed by atoms with E-state index in [2.05, 4.69) is 24.8 Å². The van der Waals surface area contributed by atoms with E-state index in [-0.39, 0.29) is 17.6 Å². The molecule has 6 N–H and O–H groups in total. The number of phosphoric ester groups is 1. The topological polar surface area (TPSA) is 201 Å². The Bertz CT molecular complexity index is 942. The van der Waals surface area contributed by atoms with Crippen molar-refractivity contribution in [2.75, 3.05) is 17.7 Å². The minimum Gasteiger partial charge on any atom is -0.756 e. The Hall–Kier alpha value is -1.86. The molecule has 154 valence electrons. The molecule has 2 aromatic rings. The molecule has 2 fully saturated rings. The lowest BCUT2D eigenvalue weighted by atomic mass is 9.96. The molecule has 1 aliphatic carbocycles. The highest BCUT2D eigenvalue weighted by molar-refractivity contribution is 7.44. The maximum absolute atomic E-state index is 10.8. The summed E-state index contributed by atoms with van der Waals surface area (Å²) in [5.41, 5.74) is 4.64. The Kier molecular flexibility index (Phi) is 4.58. The summed E-state index contributed by atoms with van der Waals surface area (Å²) in [7, 11) is -5.01. The van der Waals surface area contributed by atoms with Crippen LogP contribution in [-0.4, -0.2) is 65.1 Å². The second-order valence-electron chi connectivity index (χ2n) is 7.13. The number of rotatable bonds is 6. The van der Waals surface area contributed by atoms with Gasteiger partial charge in [-0.3, -0.25) is 9.13 Å². The molecule has 28 heavy (non-hydrogen) atoms. The number of aliphatic hydroxyl groups excluding tert-OH is 1. The van der Waals surface area contributed by atoms with E-state index in [1.807, 2.05) is 0 Å². The quantitative estimate of drug-likeness (QED) is 0.341. The Morgan fingerprint density at radius 3 is 2.89 bits per heavy atom. The molecule has 2 aliphatic rings. The van der Waals surface area contributed by atoms with Crippen LogP contribution in [0.3, 0.4) is 0 Å². The Labute approximate surface area is 158 Å². The molecule has 0 spiro atoms. The van der Waals surface area contributed by atoms with Gasteiger partial charge in [0.15, 0.2) is 23.2 Å². The molecule has 14 heteroatoms. The Morgan fingerprint density at radius 2 is 2.25 bits per heavy atom. The number of aliphatic hydroxyl groups is 2. The molecule has 0 radical (unpaired) electrons. The highest BCUT2D eigenvalue weighted by Crippen LogP contribution is 2.42. The van der Waals surface area contributed by atoms with Crippen molar-refractivity contribution in [2.24, 2.45) is 0 Å². The van der Waals surface area contributed by atoms with E-state index in [0.29, 0.717) is 11.3 Å². The predicted molar refractivity (Wildman–Crippen MR) is 92.7 cm³/mol. The molecular formula is C14H20N6O7P-. The number of phosphoric acid groups is 1. The molecule has 1 aliphatic heterocycles. The summed E-state index contributed by atoms with van der Waals surface area (Å²) in [5.74, 6) is 0.442. The van der Waals surface area contributed by atoms with E-state index in [4.69, 9.17) is 15.4 Å². The molecule has 1 saturated carbocycles. The van der Waals surface area contributed by atoms with Crippen LogP contribution in [0.2, 0.25) is 0 Å². The van der Waals surface area contributed by atoms with Gasteiger partial charge in [0.1, 0.15) is 17.8 Å². The molecule has 5 atom stereocenters. The largest absolute Gasteiger partial charge is 0.756 e. The van der Waals surface area contributed by atoms with Crippen LogP contribution in [0.4, 0.5) is 11.8 Å². The first kappa shape index (κ1) is 19.5. The fourth-order valence-electron chi connectivity index (χ4n) is 3.17. The van der Waals surface area contributed by atoms with Gasteiger partial charge in [-0.15, -0.1) is 0 Å². The van der Waals surface area contributed by atoms with Crippen LogP contribution < -0.4 is 15.9 Å². The van der Waals surface area contributed by atoms with E-state index < -0.39 is 38.5 Å². The van der Waals surface area contributed by atoms with Gasteiger partial charge in [0.05, 0.1) is 12.9 Å². The van der Waals surface area contributed by atoms with Gasteiger partial charge in [-0.1, -0.05) is 0 Å². The Balaban J connectivity index is 1.67. The van der Waals surface area contributed by atoms with Crippen LogP contribution in [-0.2, 0) is 13.8 Å². The molecule has 0 bridgehead atoms. The van der Waals surface area contributed by atoms with E-state index in [0.717, 1.165) is 12.8 Å². The average Bonchev–Trinajstić information content (AvgIpc) is 3.25. The van der Waals surface area contributed by atoms with Crippen LogP contribution in [0.5, 0.6) is 0 Å². The van der Waals surface area contributed by atoms with Gasteiger partial charge in [-0.2, -0.15) is 9.97 Å². The van der Waals surface area contributed by atoms with Crippen molar-refractivity contribution < 1.29 is 33.8 Å². The number of nitrogens with one attached hydrogen (secondary N) is 1. The van der Waals surface area contributed by atoms with E-state index in [9.17, 15) is 19.7 Å². The molecule has 0 amide bonds. The zero-order valence-corrected chi connectivity index (χ0v) is 15.7. The van der Waals surface area contributed by atoms with Crippen molar-refractivity contribution in [3.8, 4) is 0 Å². The van der Waals surface area contributed by atoms with Crippen molar-refractivity contribution in [3.05, 3.63) is 6.33 Å². The summed E-state index contributed by atoms with van der Waals surface area (Å²) >= 11 is 0. The lowest BCUT2D eigenvalue weighted by Gasteiger charge is -2.27. The van der Waals surface area contributed by atoms with Crippen LogP contribution >= 0.6 is 7.82 Å². The van der Waals surface area contributed by atoms with Crippen LogP contribution in [0.1, 0.15) is 26.0 Å². The summed E-state index contributed by atoms with van der Waals surface area (Å²) in [6.07, 6.45) is -0.533. The smallest absolute Gasteiger partial charge is 0.265 e. The second kappa shape index (κ2) is 6.59. The van der Waals surface area contributed by atoms with Gasteiger partial charge in [0.25, 0.3) is 7.82 Å². The summed E-state index contributed by atoms with van der Waals surface area (Å²) < 4.78 is 22.1. The first-order chi connectivity index (χ1) is 13.1. The molecule has 2 unspecified atom stereocenters. The van der Waals surface area contributed by atoms with E-state index >= 15 is 0 Å². The fraction of sp³-hybridized carbons (Fsp3) is 0.643. The van der Waals surface area contributed by atoms with E-state index in [1.54, 1.807) is 0 Å². The highest BCUT2D eigenvalue weighted by atomic mass is 31.2. The first-order valence-electron chi connectivity index (χ1n) is 8.57. The van der Waals surface area contributed by atoms with Crippen LogP contribution in [0.25, 0.3) is 11.2 Å². The first-order valence-corrected chi connectivity index (χ1v) is 10.1. The minimum absolute atomic E-state index is 0.0111. The monoisotopic (exact) mass is 415 g/mol. The summed E-state index contributed by atoms with van der Waals surface area (Å²) in [4.78, 5) is 32.1. The molecule has 1 saturated heterocycles. The normalized spacial score (nSPS) is 32.5. The van der Waals surface area contributed by atoms with Crippen LogP contribution in [0.15, 0.2) is 6.33 Å². The fourth-order valence-corrected chi connectivity index (χ4v) is 3.51. The number of fused-ring (bicyclic) bond motifs is 1. The molecule has 3 heterocycles. The molecule has 4 rings (SSSR count). The number of ether oxygens (including phenoxy) is 1. The van der Waals surface area contributed by atoms with Crippen molar-refractivity contribution >= 4 is 30.8 Å².